The minimum Gasteiger partial charge on any atom is -0.480 e. The predicted molar refractivity (Wildman–Crippen MR) is 99.5 cm³/mol. The molecule has 3 nitrogen and oxygen atoms in total. The quantitative estimate of drug-likeness (QED) is 0.668. The number of fused-ring (bicyclic) bond motifs is 1. The van der Waals surface area contributed by atoms with E-state index in [0.29, 0.717) is 0 Å². The normalized spacial score (nSPS) is 11.6. The van der Waals surface area contributed by atoms with Crippen LogP contribution in [0.15, 0.2) is 59.6 Å². The van der Waals surface area contributed by atoms with Gasteiger partial charge in [0.15, 0.2) is 0 Å². The number of hydrogen-bond acceptors (Lipinski definition) is 3. The van der Waals surface area contributed by atoms with E-state index in [1.54, 1.807) is 20.0 Å². The summed E-state index contributed by atoms with van der Waals surface area (Å²) in [6.07, 6.45) is 1.75. The molecular weight excluding hydrogens is 318 g/mol. The fraction of sp³-hybridized carbons (Fsp3) is 0.200. The average molecular weight is 337 g/mol. The number of rotatable bonds is 4. The monoisotopic (exact) mass is 337 g/mol. The van der Waals surface area contributed by atoms with Gasteiger partial charge in [0.25, 0.3) is 0 Å². The van der Waals surface area contributed by atoms with Crippen molar-refractivity contribution in [1.29, 1.82) is 0 Å². The zero-order chi connectivity index (χ0) is 17.3. The third kappa shape index (κ3) is 3.02. The Hall–Kier alpha value is -2.33. The number of carboxylic acids is 1. The lowest BCUT2D eigenvalue weighted by Gasteiger charge is -2.20. The predicted octanol–water partition coefficient (Wildman–Crippen LogP) is 5.17. The number of carboxylic acid groups (broad SMARTS) is 1. The van der Waals surface area contributed by atoms with E-state index in [9.17, 15) is 9.90 Å². The second kappa shape index (κ2) is 6.29. The number of aliphatic carboxylic acids is 1. The van der Waals surface area contributed by atoms with Crippen molar-refractivity contribution < 1.29 is 9.90 Å². The smallest absolute Gasteiger partial charge is 0.319 e. The van der Waals surface area contributed by atoms with Crippen LogP contribution in [0.4, 0.5) is 0 Å². The van der Waals surface area contributed by atoms with Crippen LogP contribution in [0, 0.1) is 6.92 Å². The summed E-state index contributed by atoms with van der Waals surface area (Å²) in [6.45, 7) is 5.52. The van der Waals surface area contributed by atoms with Crippen LogP contribution in [-0.2, 0) is 4.79 Å². The van der Waals surface area contributed by atoms with Gasteiger partial charge in [0.05, 0.1) is 5.69 Å². The van der Waals surface area contributed by atoms with E-state index >= 15 is 0 Å². The van der Waals surface area contributed by atoms with Crippen molar-refractivity contribution >= 4 is 28.5 Å². The van der Waals surface area contributed by atoms with E-state index in [-0.39, 0.29) is 0 Å². The van der Waals surface area contributed by atoms with E-state index in [4.69, 9.17) is 0 Å². The zero-order valence-electron chi connectivity index (χ0n) is 13.9. The maximum Gasteiger partial charge on any atom is 0.319 e. The summed E-state index contributed by atoms with van der Waals surface area (Å²) in [5.74, 6) is -0.837. The molecule has 0 aliphatic carbocycles. The highest BCUT2D eigenvalue weighted by Gasteiger charge is 2.30. The van der Waals surface area contributed by atoms with Crippen molar-refractivity contribution in [3.63, 3.8) is 0 Å². The topological polar surface area (TPSA) is 50.2 Å². The van der Waals surface area contributed by atoms with Gasteiger partial charge in [-0.2, -0.15) is 0 Å². The zero-order valence-corrected chi connectivity index (χ0v) is 14.7. The highest BCUT2D eigenvalue weighted by Crippen LogP contribution is 2.40. The number of aromatic nitrogens is 1. The third-order valence-corrected chi connectivity index (χ3v) is 5.28. The van der Waals surface area contributed by atoms with Crippen LogP contribution in [0.3, 0.4) is 0 Å². The van der Waals surface area contributed by atoms with Gasteiger partial charge in [-0.05, 0) is 49.2 Å². The first-order valence-corrected chi connectivity index (χ1v) is 8.58. The lowest BCUT2D eigenvalue weighted by molar-refractivity contribution is -0.138. The molecule has 0 saturated carbocycles. The minimum absolute atomic E-state index is 0.827. The van der Waals surface area contributed by atoms with E-state index in [1.807, 2.05) is 24.3 Å². The molecule has 4 heteroatoms. The van der Waals surface area contributed by atoms with Crippen molar-refractivity contribution in [1.82, 2.24) is 4.98 Å². The highest BCUT2D eigenvalue weighted by atomic mass is 32.2. The molecule has 0 spiro atoms. The molecule has 3 rings (SSSR count). The summed E-state index contributed by atoms with van der Waals surface area (Å²) >= 11 is 1.33. The number of benzene rings is 2. The second-order valence-corrected chi connectivity index (χ2v) is 7.91. The van der Waals surface area contributed by atoms with Crippen LogP contribution in [0.25, 0.3) is 22.0 Å². The number of carbonyl (C=O) groups is 1. The summed E-state index contributed by atoms with van der Waals surface area (Å²) < 4.78 is -0.918. The van der Waals surface area contributed by atoms with Crippen LogP contribution in [0.1, 0.15) is 19.4 Å². The van der Waals surface area contributed by atoms with Gasteiger partial charge in [-0.1, -0.05) is 36.4 Å². The van der Waals surface area contributed by atoms with E-state index in [0.717, 1.165) is 21.5 Å². The van der Waals surface area contributed by atoms with Gasteiger partial charge < -0.3 is 5.11 Å². The van der Waals surface area contributed by atoms with Crippen LogP contribution < -0.4 is 0 Å². The van der Waals surface area contributed by atoms with E-state index in [2.05, 4.69) is 36.2 Å². The van der Waals surface area contributed by atoms with Gasteiger partial charge >= 0.3 is 5.97 Å². The van der Waals surface area contributed by atoms with Crippen molar-refractivity contribution in [2.75, 3.05) is 0 Å². The molecule has 0 atom stereocenters. The Kier molecular flexibility index (Phi) is 4.33. The maximum absolute atomic E-state index is 11.5. The second-order valence-electron chi connectivity index (χ2n) is 6.24. The first kappa shape index (κ1) is 16.5. The Morgan fingerprint density at radius 1 is 1.04 bits per heavy atom. The standard InChI is InChI=1S/C20H19NO2S/c1-13-10-11-16(15-8-5-4-7-14(13)15)18-17(9-6-12-21-18)24-20(2,3)19(22)23/h4-12H,1-3H3,(H,22,23). The molecule has 1 aromatic heterocycles. The van der Waals surface area contributed by atoms with Gasteiger partial charge in [0.2, 0.25) is 0 Å². The summed E-state index contributed by atoms with van der Waals surface area (Å²) in [7, 11) is 0. The Bertz CT molecular complexity index is 918. The van der Waals surface area contributed by atoms with Gasteiger partial charge in [0, 0.05) is 16.7 Å². The fourth-order valence-corrected chi connectivity index (χ4v) is 3.69. The molecule has 0 aliphatic heterocycles. The van der Waals surface area contributed by atoms with Gasteiger partial charge in [-0.3, -0.25) is 9.78 Å². The number of aryl methyl sites for hydroxylation is 1. The van der Waals surface area contributed by atoms with E-state index < -0.39 is 10.7 Å². The lowest BCUT2D eigenvalue weighted by atomic mass is 9.98. The van der Waals surface area contributed by atoms with Crippen LogP contribution in [0.5, 0.6) is 0 Å². The Balaban J connectivity index is 2.19. The molecule has 0 saturated heterocycles. The van der Waals surface area contributed by atoms with Gasteiger partial charge in [0.1, 0.15) is 4.75 Å². The fourth-order valence-electron chi connectivity index (χ4n) is 2.65. The van der Waals surface area contributed by atoms with Gasteiger partial charge in [-0.25, -0.2) is 0 Å². The molecule has 0 radical (unpaired) electrons. The molecule has 24 heavy (non-hydrogen) atoms. The average Bonchev–Trinajstić information content (AvgIpc) is 2.56. The lowest BCUT2D eigenvalue weighted by Crippen LogP contribution is -2.27. The molecule has 3 aromatic rings. The SMILES string of the molecule is Cc1ccc(-c2ncccc2SC(C)(C)C(=O)O)c2ccccc12. The number of hydrogen-bond donors (Lipinski definition) is 1. The third-order valence-electron chi connectivity index (χ3n) is 4.05. The largest absolute Gasteiger partial charge is 0.480 e. The molecule has 2 aromatic carbocycles. The molecule has 122 valence electrons. The van der Waals surface area contributed by atoms with Crippen molar-refractivity contribution in [3.05, 3.63) is 60.3 Å². The number of pyridine rings is 1. The molecule has 0 bridgehead atoms. The van der Waals surface area contributed by atoms with Crippen LogP contribution in [0.2, 0.25) is 0 Å². The number of nitrogens with zero attached hydrogens (tertiary/aromatic N) is 1. The highest BCUT2D eigenvalue weighted by molar-refractivity contribution is 8.01. The first-order chi connectivity index (χ1) is 11.4. The van der Waals surface area contributed by atoms with Crippen LogP contribution in [-0.4, -0.2) is 20.8 Å². The van der Waals surface area contributed by atoms with Crippen molar-refractivity contribution in [3.8, 4) is 11.3 Å². The first-order valence-electron chi connectivity index (χ1n) is 7.76. The molecule has 1 N–H and O–H groups in total. The Morgan fingerprint density at radius 2 is 1.75 bits per heavy atom. The molecule has 0 unspecified atom stereocenters. The van der Waals surface area contributed by atoms with Crippen LogP contribution >= 0.6 is 11.8 Å². The van der Waals surface area contributed by atoms with E-state index in [1.165, 1.54) is 22.7 Å². The Labute approximate surface area is 145 Å². The number of thioether (sulfide) groups is 1. The summed E-state index contributed by atoms with van der Waals surface area (Å²) in [5, 5.41) is 11.8. The van der Waals surface area contributed by atoms with Gasteiger partial charge in [-0.15, -0.1) is 11.8 Å². The molecule has 1 heterocycles. The van der Waals surface area contributed by atoms with Crippen molar-refractivity contribution in [2.24, 2.45) is 0 Å². The molecule has 0 amide bonds. The molecule has 0 aliphatic rings. The molecule has 0 fully saturated rings. The molecular formula is C20H19NO2S. The summed E-state index contributed by atoms with van der Waals surface area (Å²) in [5.41, 5.74) is 3.07. The minimum atomic E-state index is -0.918. The summed E-state index contributed by atoms with van der Waals surface area (Å²) in [6, 6.07) is 16.2. The summed E-state index contributed by atoms with van der Waals surface area (Å²) in [4.78, 5) is 16.9. The maximum atomic E-state index is 11.5. The van der Waals surface area contributed by atoms with Crippen molar-refractivity contribution in [2.45, 2.75) is 30.4 Å². The Morgan fingerprint density at radius 3 is 2.46 bits per heavy atom.